The summed E-state index contributed by atoms with van der Waals surface area (Å²) in [5.41, 5.74) is 0.941. The molecule has 3 aromatic carbocycles. The molecule has 0 fully saturated rings. The van der Waals surface area contributed by atoms with Gasteiger partial charge in [-0.3, -0.25) is 10.1 Å². The third-order valence-corrected chi connectivity index (χ3v) is 3.99. The van der Waals surface area contributed by atoms with Crippen LogP contribution in [0.2, 0.25) is 0 Å². The minimum absolute atomic E-state index is 0.0905. The van der Waals surface area contributed by atoms with Crippen molar-refractivity contribution < 1.29 is 9.72 Å². The summed E-state index contributed by atoms with van der Waals surface area (Å²) < 4.78 is 1.13. The molecule has 1 heterocycles. The zero-order valence-electron chi connectivity index (χ0n) is 12.9. The van der Waals surface area contributed by atoms with E-state index in [1.165, 1.54) is 18.3 Å². The van der Waals surface area contributed by atoms with Crippen molar-refractivity contribution in [3.05, 3.63) is 77.0 Å². The molecule has 1 amide bonds. The standard InChI is InChI=1S/C18H12N4O3/c23-18(20-16-7-3-5-12-4-1-2-6-15(12)16)21-17-10-14(22(24)25)9-8-13(17)11-19-21/h1-11H,(H,20,23). The minimum atomic E-state index is -0.501. The number of carbonyl (C=O) groups is 1. The molecule has 0 saturated heterocycles. The third-order valence-electron chi connectivity index (χ3n) is 3.99. The number of nitrogens with zero attached hydrogens (tertiary/aromatic N) is 3. The maximum atomic E-state index is 12.6. The van der Waals surface area contributed by atoms with Crippen molar-refractivity contribution in [3.8, 4) is 0 Å². The quantitative estimate of drug-likeness (QED) is 0.440. The molecule has 0 atom stereocenters. The van der Waals surface area contributed by atoms with Gasteiger partial charge in [-0.15, -0.1) is 0 Å². The second kappa shape index (κ2) is 5.72. The first-order chi connectivity index (χ1) is 12.1. The number of carbonyl (C=O) groups excluding carboxylic acids is 1. The second-order valence-corrected chi connectivity index (χ2v) is 5.51. The van der Waals surface area contributed by atoms with Crippen LogP contribution in [0.1, 0.15) is 0 Å². The Bertz CT molecular complexity index is 1130. The zero-order chi connectivity index (χ0) is 17.4. The molecule has 0 unspecified atom stereocenters. The summed E-state index contributed by atoms with van der Waals surface area (Å²) in [6.45, 7) is 0. The molecule has 4 aromatic rings. The first-order valence-electron chi connectivity index (χ1n) is 7.55. The number of nitrogens with one attached hydrogen (secondary N) is 1. The Kier molecular flexibility index (Phi) is 3.39. The largest absolute Gasteiger partial charge is 0.347 e. The number of hydrogen-bond donors (Lipinski definition) is 1. The third kappa shape index (κ3) is 2.57. The van der Waals surface area contributed by atoms with Gasteiger partial charge in [-0.25, -0.2) is 4.79 Å². The predicted molar refractivity (Wildman–Crippen MR) is 94.8 cm³/mol. The predicted octanol–water partition coefficient (Wildman–Crippen LogP) is 4.18. The van der Waals surface area contributed by atoms with Crippen LogP contribution in [0.5, 0.6) is 0 Å². The van der Waals surface area contributed by atoms with E-state index in [9.17, 15) is 14.9 Å². The van der Waals surface area contributed by atoms with Crippen LogP contribution < -0.4 is 5.32 Å². The van der Waals surface area contributed by atoms with Crippen molar-refractivity contribution in [2.24, 2.45) is 0 Å². The highest BCUT2D eigenvalue weighted by molar-refractivity contribution is 6.04. The molecule has 4 rings (SSSR count). The van der Waals surface area contributed by atoms with Gasteiger partial charge in [0.15, 0.2) is 0 Å². The Morgan fingerprint density at radius 1 is 1.04 bits per heavy atom. The van der Waals surface area contributed by atoms with Crippen molar-refractivity contribution in [3.63, 3.8) is 0 Å². The lowest BCUT2D eigenvalue weighted by Gasteiger charge is -2.09. The van der Waals surface area contributed by atoms with Crippen molar-refractivity contribution in [2.45, 2.75) is 0 Å². The fourth-order valence-corrected chi connectivity index (χ4v) is 2.78. The van der Waals surface area contributed by atoms with E-state index < -0.39 is 11.0 Å². The molecule has 0 aliphatic carbocycles. The van der Waals surface area contributed by atoms with Crippen molar-refractivity contribution in [2.75, 3.05) is 5.32 Å². The molecule has 0 aliphatic rings. The Morgan fingerprint density at radius 2 is 1.84 bits per heavy atom. The number of amides is 1. The number of hydrogen-bond acceptors (Lipinski definition) is 4. The van der Waals surface area contributed by atoms with Gasteiger partial charge in [0.2, 0.25) is 0 Å². The number of fused-ring (bicyclic) bond motifs is 2. The summed E-state index contributed by atoms with van der Waals surface area (Å²) >= 11 is 0. The molecular formula is C18H12N4O3. The van der Waals surface area contributed by atoms with Gasteiger partial charge in [-0.1, -0.05) is 36.4 Å². The first-order valence-corrected chi connectivity index (χ1v) is 7.55. The average Bonchev–Trinajstić information content (AvgIpc) is 3.05. The van der Waals surface area contributed by atoms with Crippen LogP contribution in [0.3, 0.4) is 0 Å². The summed E-state index contributed by atoms with van der Waals surface area (Å²) in [7, 11) is 0. The molecule has 0 bridgehead atoms. The SMILES string of the molecule is O=C(Nc1cccc2ccccc12)n1ncc2ccc([N+](=O)[O-])cc21. The molecule has 0 radical (unpaired) electrons. The van der Waals surface area contributed by atoms with E-state index in [2.05, 4.69) is 10.4 Å². The number of non-ortho nitro benzene ring substituents is 1. The summed E-state index contributed by atoms with van der Waals surface area (Å²) in [5, 5.41) is 20.4. The van der Waals surface area contributed by atoms with Crippen molar-refractivity contribution >= 4 is 39.1 Å². The summed E-state index contributed by atoms with van der Waals surface area (Å²) in [6, 6.07) is 17.1. The minimum Gasteiger partial charge on any atom is -0.305 e. The van der Waals surface area contributed by atoms with Gasteiger partial charge in [0.1, 0.15) is 0 Å². The van der Waals surface area contributed by atoms with Crippen LogP contribution in [0, 0.1) is 10.1 Å². The number of nitro benzene ring substituents is 1. The number of aromatic nitrogens is 2. The van der Waals surface area contributed by atoms with Crippen LogP contribution in [0.15, 0.2) is 66.9 Å². The number of benzene rings is 3. The topological polar surface area (TPSA) is 90.1 Å². The fraction of sp³-hybridized carbons (Fsp3) is 0. The highest BCUT2D eigenvalue weighted by Crippen LogP contribution is 2.24. The number of rotatable bonds is 2. The highest BCUT2D eigenvalue weighted by atomic mass is 16.6. The van der Waals surface area contributed by atoms with Gasteiger partial charge >= 0.3 is 6.03 Å². The second-order valence-electron chi connectivity index (χ2n) is 5.51. The van der Waals surface area contributed by atoms with Crippen LogP contribution in [0.25, 0.3) is 21.7 Å². The molecule has 7 heteroatoms. The van der Waals surface area contributed by atoms with E-state index in [-0.39, 0.29) is 5.69 Å². The van der Waals surface area contributed by atoms with Gasteiger partial charge < -0.3 is 5.32 Å². The Morgan fingerprint density at radius 3 is 2.68 bits per heavy atom. The van der Waals surface area contributed by atoms with Crippen LogP contribution >= 0.6 is 0 Å². The zero-order valence-corrected chi connectivity index (χ0v) is 12.9. The summed E-state index contributed by atoms with van der Waals surface area (Å²) in [4.78, 5) is 23.1. The van der Waals surface area contributed by atoms with Crippen LogP contribution in [0.4, 0.5) is 16.2 Å². The number of anilines is 1. The molecule has 25 heavy (non-hydrogen) atoms. The van der Waals surface area contributed by atoms with E-state index in [1.807, 2.05) is 36.4 Å². The Balaban J connectivity index is 1.75. The van der Waals surface area contributed by atoms with E-state index in [4.69, 9.17) is 0 Å². The van der Waals surface area contributed by atoms with E-state index in [0.717, 1.165) is 15.5 Å². The normalized spacial score (nSPS) is 10.9. The molecule has 0 spiro atoms. The monoisotopic (exact) mass is 332 g/mol. The van der Waals surface area contributed by atoms with Gasteiger partial charge in [-0.2, -0.15) is 9.78 Å². The lowest BCUT2D eigenvalue weighted by molar-refractivity contribution is -0.384. The van der Waals surface area contributed by atoms with E-state index in [1.54, 1.807) is 12.1 Å². The lowest BCUT2D eigenvalue weighted by Crippen LogP contribution is -2.20. The maximum Gasteiger partial charge on any atom is 0.347 e. The number of nitro groups is 1. The van der Waals surface area contributed by atoms with Gasteiger partial charge in [-0.05, 0) is 17.5 Å². The molecule has 7 nitrogen and oxygen atoms in total. The highest BCUT2D eigenvalue weighted by Gasteiger charge is 2.15. The lowest BCUT2D eigenvalue weighted by atomic mass is 10.1. The Hall–Kier alpha value is -3.74. The van der Waals surface area contributed by atoms with Crippen molar-refractivity contribution in [1.29, 1.82) is 0 Å². The molecule has 0 aliphatic heterocycles. The van der Waals surface area contributed by atoms with Crippen molar-refractivity contribution in [1.82, 2.24) is 9.78 Å². The fourth-order valence-electron chi connectivity index (χ4n) is 2.78. The Labute approximate surface area is 141 Å². The van der Waals surface area contributed by atoms with Gasteiger partial charge in [0.05, 0.1) is 22.3 Å². The van der Waals surface area contributed by atoms with Crippen LogP contribution in [-0.2, 0) is 0 Å². The summed E-state index contributed by atoms with van der Waals surface area (Å²) in [5.74, 6) is 0. The van der Waals surface area contributed by atoms with E-state index >= 15 is 0 Å². The van der Waals surface area contributed by atoms with Gasteiger partial charge in [0.25, 0.3) is 5.69 Å². The van der Waals surface area contributed by atoms with Gasteiger partial charge in [0, 0.05) is 22.9 Å². The van der Waals surface area contributed by atoms with E-state index in [0.29, 0.717) is 16.6 Å². The molecule has 1 N–H and O–H groups in total. The summed E-state index contributed by atoms with van der Waals surface area (Å²) in [6.07, 6.45) is 1.50. The maximum absolute atomic E-state index is 12.6. The molecule has 1 aromatic heterocycles. The molecule has 122 valence electrons. The average molecular weight is 332 g/mol. The van der Waals surface area contributed by atoms with Crippen LogP contribution in [-0.4, -0.2) is 20.7 Å². The molecular weight excluding hydrogens is 320 g/mol. The molecule has 0 saturated carbocycles. The smallest absolute Gasteiger partial charge is 0.305 e. The first kappa shape index (κ1) is 14.8.